The minimum absolute atomic E-state index is 0.00773. The van der Waals surface area contributed by atoms with Crippen LogP contribution in [-0.4, -0.2) is 106 Å². The van der Waals surface area contributed by atoms with Gasteiger partial charge in [0.25, 0.3) is 0 Å². The number of aromatic amines is 1. The lowest BCUT2D eigenvalue weighted by Gasteiger charge is -2.36. The van der Waals surface area contributed by atoms with Crippen LogP contribution in [0.25, 0.3) is 32.9 Å². The average Bonchev–Trinajstić information content (AvgIpc) is 3.58. The van der Waals surface area contributed by atoms with E-state index >= 15 is 4.39 Å². The Labute approximate surface area is 338 Å². The third-order valence-corrected chi connectivity index (χ3v) is 11.7. The van der Waals surface area contributed by atoms with Crippen molar-refractivity contribution in [3.05, 3.63) is 70.7 Å². The van der Waals surface area contributed by atoms with E-state index in [0.717, 1.165) is 76.8 Å². The van der Waals surface area contributed by atoms with Gasteiger partial charge in [-0.1, -0.05) is 18.1 Å². The highest BCUT2D eigenvalue weighted by molar-refractivity contribution is 6.06. The van der Waals surface area contributed by atoms with E-state index in [-0.39, 0.29) is 48.6 Å². The number of rotatable bonds is 10. The molecule has 4 aliphatic rings. The number of halogens is 1. The Kier molecular flexibility index (Phi) is 9.88. The molecule has 3 aromatic carbocycles. The molecule has 1 saturated carbocycles. The normalized spacial score (nSPS) is 20.2. The first-order valence-electron chi connectivity index (χ1n) is 20.4. The fourth-order valence-corrected chi connectivity index (χ4v) is 8.78. The molecular weight excluding hydrogens is 738 g/mol. The third kappa shape index (κ3) is 7.39. The van der Waals surface area contributed by atoms with Gasteiger partial charge in [-0.2, -0.15) is 15.1 Å². The van der Waals surface area contributed by atoms with Crippen LogP contribution in [0.1, 0.15) is 75.1 Å². The summed E-state index contributed by atoms with van der Waals surface area (Å²) in [6.07, 6.45) is 9.67. The van der Waals surface area contributed by atoms with Crippen molar-refractivity contribution in [3.8, 4) is 35.2 Å². The van der Waals surface area contributed by atoms with Gasteiger partial charge >= 0.3 is 12.1 Å². The smallest absolute Gasteiger partial charge is 0.410 e. The van der Waals surface area contributed by atoms with Gasteiger partial charge in [0.05, 0.1) is 37.0 Å². The van der Waals surface area contributed by atoms with Crippen molar-refractivity contribution in [3.63, 3.8) is 0 Å². The first kappa shape index (κ1) is 38.1. The van der Waals surface area contributed by atoms with Crippen LogP contribution in [0.4, 0.5) is 15.0 Å². The monoisotopic (exact) mass is 787 g/mol. The molecule has 1 aliphatic carbocycles. The van der Waals surface area contributed by atoms with Gasteiger partial charge in [0.2, 0.25) is 0 Å². The van der Waals surface area contributed by atoms with E-state index in [1.807, 2.05) is 63.8 Å². The predicted molar refractivity (Wildman–Crippen MR) is 220 cm³/mol. The molecular formula is C45H50FN7O5. The number of aromatic nitrogens is 4. The first-order valence-corrected chi connectivity index (χ1v) is 20.4. The van der Waals surface area contributed by atoms with E-state index in [1.54, 1.807) is 6.20 Å². The van der Waals surface area contributed by atoms with Crippen LogP contribution < -0.4 is 14.4 Å². The fraction of sp³-hybridized carbons (Fsp3) is 0.467. The first-order chi connectivity index (χ1) is 27.9. The van der Waals surface area contributed by atoms with E-state index in [4.69, 9.17) is 35.3 Å². The number of ether oxygens (including phenoxy) is 4. The van der Waals surface area contributed by atoms with Crippen LogP contribution >= 0.6 is 0 Å². The van der Waals surface area contributed by atoms with Gasteiger partial charge in [0.15, 0.2) is 5.75 Å². The number of carbonyl (C=O) groups is 1. The minimum atomic E-state index is -0.593. The Balaban J connectivity index is 1.22. The molecule has 2 aromatic heterocycles. The van der Waals surface area contributed by atoms with Gasteiger partial charge in [-0.25, -0.2) is 9.18 Å². The molecule has 12 nitrogen and oxygen atoms in total. The standard InChI is InChI=1S/C45H50FN7O5/c1-7-28-8-10-29(11-9-28)25-56-41-39(38-27(3)36(46)20-37-35(38)21-47-50-37)33(30-12-13-30)19-34-40(41)48-43(57-26(2)22-51-14-16-55-17-15-51)49-42(34)52-23-32-18-31(52)24-53(32)44(54)58-45(4,5)6/h1,8-11,19-21,26,30-32H,12-18,22-25H2,2-6H3,(H,47,50)/t26-,31+,32+/m1/s1. The van der Waals surface area contributed by atoms with E-state index < -0.39 is 5.60 Å². The number of anilines is 1. The van der Waals surface area contributed by atoms with Crippen LogP contribution in [0.3, 0.4) is 0 Å². The number of nitrogens with one attached hydrogen (secondary N) is 1. The Morgan fingerprint density at radius 1 is 1.07 bits per heavy atom. The van der Waals surface area contributed by atoms with Gasteiger partial charge < -0.3 is 28.7 Å². The molecule has 9 rings (SSSR count). The molecule has 13 heteroatoms. The van der Waals surface area contributed by atoms with E-state index in [2.05, 4.69) is 32.0 Å². The van der Waals surface area contributed by atoms with E-state index in [9.17, 15) is 4.79 Å². The number of nitrogens with zero attached hydrogens (tertiary/aromatic N) is 6. The number of terminal acetylenes is 1. The summed E-state index contributed by atoms with van der Waals surface area (Å²) in [5.41, 5.74) is 5.36. The summed E-state index contributed by atoms with van der Waals surface area (Å²) in [6.45, 7) is 14.5. The van der Waals surface area contributed by atoms with Crippen molar-refractivity contribution in [1.82, 2.24) is 30.0 Å². The summed E-state index contributed by atoms with van der Waals surface area (Å²) in [4.78, 5) is 30.2. The summed E-state index contributed by atoms with van der Waals surface area (Å²) in [6, 6.07) is 11.6. The average molecular weight is 788 g/mol. The molecule has 3 atom stereocenters. The van der Waals surface area contributed by atoms with E-state index in [1.165, 1.54) is 6.07 Å². The van der Waals surface area contributed by atoms with Gasteiger partial charge in [-0.3, -0.25) is 10.00 Å². The number of morpholine rings is 1. The number of piperazine rings is 1. The highest BCUT2D eigenvalue weighted by Gasteiger charge is 2.48. The largest absolute Gasteiger partial charge is 0.486 e. The quantitative estimate of drug-likeness (QED) is 0.144. The number of benzene rings is 3. The van der Waals surface area contributed by atoms with Crippen LogP contribution in [0.15, 0.2) is 42.6 Å². The molecule has 4 fully saturated rings. The number of hydrogen-bond acceptors (Lipinski definition) is 10. The zero-order valence-corrected chi connectivity index (χ0v) is 33.8. The van der Waals surface area contributed by atoms with Gasteiger partial charge in [-0.15, -0.1) is 6.42 Å². The van der Waals surface area contributed by atoms with Crippen molar-refractivity contribution in [2.24, 2.45) is 0 Å². The lowest BCUT2D eigenvalue weighted by molar-refractivity contribution is 0.0203. The minimum Gasteiger partial charge on any atom is -0.486 e. The number of likely N-dealkylation sites (tertiary alicyclic amines) is 1. The molecule has 302 valence electrons. The Morgan fingerprint density at radius 2 is 1.84 bits per heavy atom. The van der Waals surface area contributed by atoms with Gasteiger partial charge in [-0.05, 0) is 101 Å². The summed E-state index contributed by atoms with van der Waals surface area (Å²) in [7, 11) is 0. The lowest BCUT2D eigenvalue weighted by Crippen LogP contribution is -2.50. The molecule has 2 bridgehead atoms. The Hall–Kier alpha value is -5.45. The SMILES string of the molecule is C#Cc1ccc(COc2c(-c3c(C)c(F)cc4[nH]ncc34)c(C3CC3)cc3c(N4C[C@@H]5C[C@H]4CN5C(=O)OC(C)(C)C)nc(O[C@H](C)CN4CCOCC4)nc23)cc1. The highest BCUT2D eigenvalue weighted by Crippen LogP contribution is 2.53. The van der Waals surface area contributed by atoms with Crippen LogP contribution in [0, 0.1) is 25.1 Å². The number of carbonyl (C=O) groups excluding carboxylic acids is 1. The van der Waals surface area contributed by atoms with E-state index in [0.29, 0.717) is 55.2 Å². The topological polar surface area (TPSA) is 118 Å². The molecule has 0 radical (unpaired) electrons. The second-order valence-electron chi connectivity index (χ2n) is 17.2. The van der Waals surface area contributed by atoms with Crippen molar-refractivity contribution < 1.29 is 28.1 Å². The number of H-pyrrole nitrogens is 1. The summed E-state index contributed by atoms with van der Waals surface area (Å²) in [5.74, 6) is 3.85. The van der Waals surface area contributed by atoms with Crippen LogP contribution in [0.2, 0.25) is 0 Å². The van der Waals surface area contributed by atoms with Gasteiger partial charge in [0, 0.05) is 60.2 Å². The Bertz CT molecular complexity index is 2410. The molecule has 58 heavy (non-hydrogen) atoms. The number of amides is 1. The number of hydrogen-bond donors (Lipinski definition) is 1. The maximum absolute atomic E-state index is 15.9. The molecule has 5 heterocycles. The summed E-state index contributed by atoms with van der Waals surface area (Å²) in [5, 5.41) is 8.94. The number of fused-ring (bicyclic) bond motifs is 4. The Morgan fingerprint density at radius 3 is 2.53 bits per heavy atom. The molecule has 3 aliphatic heterocycles. The molecule has 0 unspecified atom stereocenters. The third-order valence-electron chi connectivity index (χ3n) is 11.7. The van der Waals surface area contributed by atoms with Crippen LogP contribution in [-0.2, 0) is 16.1 Å². The predicted octanol–water partition coefficient (Wildman–Crippen LogP) is 7.36. The van der Waals surface area contributed by atoms with Crippen LogP contribution in [0.5, 0.6) is 11.8 Å². The summed E-state index contributed by atoms with van der Waals surface area (Å²) >= 11 is 0. The van der Waals surface area contributed by atoms with Crippen molar-refractivity contribution >= 4 is 33.7 Å². The molecule has 5 aromatic rings. The molecule has 1 amide bonds. The molecule has 1 N–H and O–H groups in total. The second kappa shape index (κ2) is 15.1. The molecule has 0 spiro atoms. The highest BCUT2D eigenvalue weighted by atomic mass is 19.1. The maximum Gasteiger partial charge on any atom is 0.410 e. The maximum atomic E-state index is 15.9. The van der Waals surface area contributed by atoms with Gasteiger partial charge in [0.1, 0.15) is 35.5 Å². The summed E-state index contributed by atoms with van der Waals surface area (Å²) < 4.78 is 40.9. The zero-order chi connectivity index (χ0) is 40.3. The zero-order valence-electron chi connectivity index (χ0n) is 33.8. The van der Waals surface area contributed by atoms with Crippen molar-refractivity contribution in [2.75, 3.05) is 50.8 Å². The second-order valence-corrected chi connectivity index (χ2v) is 17.2. The van der Waals surface area contributed by atoms with Crippen molar-refractivity contribution in [2.45, 2.75) is 90.2 Å². The lowest BCUT2D eigenvalue weighted by atomic mass is 9.88. The molecule has 3 saturated heterocycles. The van der Waals surface area contributed by atoms with Crippen molar-refractivity contribution in [1.29, 1.82) is 0 Å². The fourth-order valence-electron chi connectivity index (χ4n) is 8.78.